The van der Waals surface area contributed by atoms with Crippen LogP contribution < -0.4 is 0 Å². The number of hydrogen-bond acceptors (Lipinski definition) is 6. The first-order valence-corrected chi connectivity index (χ1v) is 13.6. The van der Waals surface area contributed by atoms with Crippen molar-refractivity contribution in [3.05, 3.63) is 75.1 Å². The lowest BCUT2D eigenvalue weighted by molar-refractivity contribution is -0.137. The zero-order valence-electron chi connectivity index (χ0n) is 23.2. The highest BCUT2D eigenvalue weighted by Gasteiger charge is 2.41. The molecule has 2 amide bonds. The molecule has 2 aliphatic heterocycles. The molecule has 0 radical (unpaired) electrons. The second-order valence-corrected chi connectivity index (χ2v) is 11.7. The summed E-state index contributed by atoms with van der Waals surface area (Å²) in [4.78, 5) is 39.1. The number of aromatic nitrogens is 4. The molecule has 0 aliphatic carbocycles. The van der Waals surface area contributed by atoms with E-state index in [9.17, 15) is 27.9 Å². The van der Waals surface area contributed by atoms with Crippen LogP contribution in [0, 0.1) is 0 Å². The van der Waals surface area contributed by atoms with Crippen LogP contribution >= 0.6 is 11.6 Å². The summed E-state index contributed by atoms with van der Waals surface area (Å²) in [6, 6.07) is 2.19. The molecule has 0 saturated heterocycles. The van der Waals surface area contributed by atoms with E-state index in [1.165, 1.54) is 11.0 Å². The largest absolute Gasteiger partial charge is 0.417 e. The molecule has 0 saturated carbocycles. The molecule has 9 nitrogen and oxygen atoms in total. The van der Waals surface area contributed by atoms with Crippen LogP contribution in [0.3, 0.4) is 0 Å². The van der Waals surface area contributed by atoms with Crippen LogP contribution in [0.1, 0.15) is 95.8 Å². The first-order chi connectivity index (χ1) is 19.1. The monoisotopic (exact) mass is 590 g/mol. The number of rotatable bonds is 4. The molecule has 41 heavy (non-hydrogen) atoms. The standard InChI is InChI=1S/C28H30ClF3N6O3/c1-14-8-22-19(13-36(14)24(39)17-6-7-21(29)20(9-17)28(30,31)32)23-25(40)37(12-15(2)38(23)35-22)16(3)18-10-33-26(34-11-18)27(4,5)41/h6-7,9-11,14-16,41H,8,12-13H2,1-5H3/t14-,15-,16+/m1/s1. The molecule has 5 rings (SSSR count). The van der Waals surface area contributed by atoms with Crippen LogP contribution in [0.25, 0.3) is 0 Å². The molecular weight excluding hydrogens is 561 g/mol. The lowest BCUT2D eigenvalue weighted by Crippen LogP contribution is -2.45. The van der Waals surface area contributed by atoms with Crippen molar-refractivity contribution in [3.63, 3.8) is 0 Å². The third-order valence-electron chi connectivity index (χ3n) is 7.73. The van der Waals surface area contributed by atoms with Gasteiger partial charge in [-0.2, -0.15) is 18.3 Å². The molecule has 0 spiro atoms. The lowest BCUT2D eigenvalue weighted by atomic mass is 9.96. The minimum atomic E-state index is -4.71. The average molecular weight is 591 g/mol. The van der Waals surface area contributed by atoms with E-state index in [4.69, 9.17) is 16.7 Å². The molecule has 3 aromatic rings. The highest BCUT2D eigenvalue weighted by Crippen LogP contribution is 2.37. The van der Waals surface area contributed by atoms with E-state index in [1.807, 2.05) is 13.8 Å². The number of benzene rings is 1. The molecule has 2 aromatic heterocycles. The summed E-state index contributed by atoms with van der Waals surface area (Å²) in [6.07, 6.45) is -1.17. The number of fused-ring (bicyclic) bond motifs is 3. The Hall–Kier alpha value is -3.51. The number of nitrogens with zero attached hydrogens (tertiary/aromatic N) is 6. The second kappa shape index (κ2) is 10.1. The van der Waals surface area contributed by atoms with Gasteiger partial charge in [0.25, 0.3) is 11.8 Å². The van der Waals surface area contributed by atoms with Crippen molar-refractivity contribution >= 4 is 23.4 Å². The molecule has 1 N–H and O–H groups in total. The molecule has 0 bridgehead atoms. The molecule has 3 atom stereocenters. The fraction of sp³-hybridized carbons (Fsp3) is 0.464. The van der Waals surface area contributed by atoms with Gasteiger partial charge in [0.1, 0.15) is 11.3 Å². The predicted molar refractivity (Wildman–Crippen MR) is 143 cm³/mol. The normalized spacial score (nSPS) is 20.1. The van der Waals surface area contributed by atoms with Crippen molar-refractivity contribution in [2.24, 2.45) is 0 Å². The lowest BCUT2D eigenvalue weighted by Gasteiger charge is -2.37. The Morgan fingerprint density at radius 2 is 1.80 bits per heavy atom. The van der Waals surface area contributed by atoms with E-state index >= 15 is 0 Å². The molecule has 0 fully saturated rings. The van der Waals surface area contributed by atoms with Crippen molar-refractivity contribution in [1.82, 2.24) is 29.5 Å². The zero-order valence-corrected chi connectivity index (χ0v) is 24.0. The van der Waals surface area contributed by atoms with Gasteiger partial charge < -0.3 is 14.9 Å². The van der Waals surface area contributed by atoms with Gasteiger partial charge >= 0.3 is 6.18 Å². The van der Waals surface area contributed by atoms with Crippen LogP contribution in [-0.2, 0) is 24.7 Å². The molecule has 0 unspecified atom stereocenters. The van der Waals surface area contributed by atoms with Gasteiger partial charge in [-0.05, 0) is 52.8 Å². The van der Waals surface area contributed by atoms with Crippen molar-refractivity contribution in [1.29, 1.82) is 0 Å². The first kappa shape index (κ1) is 29.0. The number of hydrogen-bond donors (Lipinski definition) is 1. The first-order valence-electron chi connectivity index (χ1n) is 13.2. The number of amides is 2. The van der Waals surface area contributed by atoms with E-state index < -0.39 is 34.3 Å². The summed E-state index contributed by atoms with van der Waals surface area (Å²) in [7, 11) is 0. The van der Waals surface area contributed by atoms with Crippen LogP contribution in [0.2, 0.25) is 5.02 Å². The SMILES string of the molecule is C[C@@H]1Cc2nn3c(c2CN1C(=O)c1ccc(Cl)c(C(F)(F)F)c1)C(=O)N([C@@H](C)c1cnc(C(C)(C)O)nc1)C[C@H]3C. The number of aliphatic hydroxyl groups is 1. The fourth-order valence-corrected chi connectivity index (χ4v) is 5.61. The van der Waals surface area contributed by atoms with E-state index in [-0.39, 0.29) is 35.9 Å². The number of halogens is 4. The summed E-state index contributed by atoms with van der Waals surface area (Å²) in [5, 5.41) is 14.4. The zero-order chi connectivity index (χ0) is 30.0. The Labute approximate surface area is 239 Å². The average Bonchev–Trinajstić information content (AvgIpc) is 3.27. The minimum absolute atomic E-state index is 0.0265. The molecule has 1 aromatic carbocycles. The van der Waals surface area contributed by atoms with E-state index in [1.54, 1.807) is 42.7 Å². The summed E-state index contributed by atoms with van der Waals surface area (Å²) in [5.41, 5.74) is -0.0942. The van der Waals surface area contributed by atoms with E-state index in [2.05, 4.69) is 9.97 Å². The maximum absolute atomic E-state index is 13.9. The van der Waals surface area contributed by atoms with Crippen LogP contribution in [0.5, 0.6) is 0 Å². The number of carbonyl (C=O) groups excluding carboxylic acids is 2. The quantitative estimate of drug-likeness (QED) is 0.462. The molecule has 218 valence electrons. The Morgan fingerprint density at radius 1 is 1.15 bits per heavy atom. The third-order valence-corrected chi connectivity index (χ3v) is 8.06. The number of alkyl halides is 3. The van der Waals surface area contributed by atoms with Gasteiger partial charge in [0.15, 0.2) is 5.82 Å². The highest BCUT2D eigenvalue weighted by molar-refractivity contribution is 6.31. The van der Waals surface area contributed by atoms with Crippen LogP contribution in [-0.4, -0.2) is 59.1 Å². The van der Waals surface area contributed by atoms with Gasteiger partial charge in [-0.3, -0.25) is 14.3 Å². The Kier molecular flexibility index (Phi) is 7.14. The minimum Gasteiger partial charge on any atom is -0.382 e. The van der Waals surface area contributed by atoms with Crippen molar-refractivity contribution in [2.75, 3.05) is 6.54 Å². The summed E-state index contributed by atoms with van der Waals surface area (Å²) >= 11 is 5.76. The van der Waals surface area contributed by atoms with Gasteiger partial charge in [-0.1, -0.05) is 11.6 Å². The maximum atomic E-state index is 13.9. The van der Waals surface area contributed by atoms with Gasteiger partial charge in [-0.15, -0.1) is 0 Å². The van der Waals surface area contributed by atoms with Gasteiger partial charge in [0.05, 0.1) is 34.9 Å². The summed E-state index contributed by atoms with van der Waals surface area (Å²) in [5.74, 6) is -0.597. The van der Waals surface area contributed by atoms with E-state index in [0.717, 1.165) is 12.1 Å². The van der Waals surface area contributed by atoms with E-state index in [0.29, 0.717) is 35.5 Å². The van der Waals surface area contributed by atoms with Crippen LogP contribution in [0.4, 0.5) is 13.2 Å². The third kappa shape index (κ3) is 5.19. The molecule has 2 aliphatic rings. The van der Waals surface area contributed by atoms with Crippen molar-refractivity contribution < 1.29 is 27.9 Å². The molecule has 13 heteroatoms. The summed E-state index contributed by atoms with van der Waals surface area (Å²) < 4.78 is 42.0. The Balaban J connectivity index is 1.45. The number of carbonyl (C=O) groups is 2. The Bertz CT molecular complexity index is 1520. The smallest absolute Gasteiger partial charge is 0.382 e. The second-order valence-electron chi connectivity index (χ2n) is 11.3. The van der Waals surface area contributed by atoms with Gasteiger partial charge in [0.2, 0.25) is 0 Å². The maximum Gasteiger partial charge on any atom is 0.417 e. The molecular formula is C28H30ClF3N6O3. The summed E-state index contributed by atoms with van der Waals surface area (Å²) in [6.45, 7) is 9.19. The fourth-order valence-electron chi connectivity index (χ4n) is 5.39. The predicted octanol–water partition coefficient (Wildman–Crippen LogP) is 4.94. The van der Waals surface area contributed by atoms with Crippen molar-refractivity contribution in [3.8, 4) is 0 Å². The van der Waals surface area contributed by atoms with Gasteiger partial charge in [0, 0.05) is 48.1 Å². The van der Waals surface area contributed by atoms with Crippen molar-refractivity contribution in [2.45, 2.75) is 77.5 Å². The topological polar surface area (TPSA) is 104 Å². The van der Waals surface area contributed by atoms with Crippen LogP contribution in [0.15, 0.2) is 30.6 Å². The Morgan fingerprint density at radius 3 is 2.41 bits per heavy atom. The van der Waals surface area contributed by atoms with Gasteiger partial charge in [-0.25, -0.2) is 9.97 Å². The highest BCUT2D eigenvalue weighted by atomic mass is 35.5. The molecule has 4 heterocycles.